The molecule has 2 heterocycles. The molecule has 0 aliphatic rings. The lowest BCUT2D eigenvalue weighted by molar-refractivity contribution is -0.112. The molecule has 29 heavy (non-hydrogen) atoms. The van der Waals surface area contributed by atoms with E-state index in [9.17, 15) is 14.0 Å². The van der Waals surface area contributed by atoms with Crippen LogP contribution in [0, 0.1) is 12.7 Å². The number of rotatable bonds is 4. The van der Waals surface area contributed by atoms with Crippen molar-refractivity contribution in [1.82, 2.24) is 4.40 Å². The van der Waals surface area contributed by atoms with Crippen molar-refractivity contribution in [2.45, 2.75) is 6.92 Å². The smallest absolute Gasteiger partial charge is 0.298 e. The van der Waals surface area contributed by atoms with E-state index in [0.717, 1.165) is 11.1 Å². The van der Waals surface area contributed by atoms with Crippen LogP contribution in [0.25, 0.3) is 16.6 Å². The summed E-state index contributed by atoms with van der Waals surface area (Å²) in [5.74, 6) is -1.83. The van der Waals surface area contributed by atoms with E-state index in [0.29, 0.717) is 21.8 Å². The van der Waals surface area contributed by atoms with Crippen molar-refractivity contribution >= 4 is 34.5 Å². The van der Waals surface area contributed by atoms with Gasteiger partial charge in [-0.15, -0.1) is 0 Å². The zero-order valence-corrected chi connectivity index (χ0v) is 16.2. The number of nitrogens with zero attached hydrogens (tertiary/aromatic N) is 1. The Kier molecular flexibility index (Phi) is 4.91. The zero-order chi connectivity index (χ0) is 20.5. The van der Waals surface area contributed by atoms with Gasteiger partial charge in [-0.2, -0.15) is 0 Å². The number of amides is 1. The summed E-state index contributed by atoms with van der Waals surface area (Å²) in [4.78, 5) is 25.9. The lowest BCUT2D eigenvalue weighted by Crippen LogP contribution is -2.25. The summed E-state index contributed by atoms with van der Waals surface area (Å²) in [6.07, 6.45) is 1.72. The third-order valence-corrected chi connectivity index (χ3v) is 4.93. The second kappa shape index (κ2) is 7.53. The van der Waals surface area contributed by atoms with Crippen molar-refractivity contribution in [3.63, 3.8) is 0 Å². The molecule has 1 amide bonds. The minimum Gasteiger partial charge on any atom is -0.319 e. The van der Waals surface area contributed by atoms with E-state index >= 15 is 0 Å². The molecule has 0 saturated heterocycles. The number of nitrogens with one attached hydrogen (secondary N) is 1. The molecule has 4 rings (SSSR count). The van der Waals surface area contributed by atoms with Crippen LogP contribution in [0.4, 0.5) is 10.1 Å². The maximum absolute atomic E-state index is 13.4. The SMILES string of the molecule is Cc1cc(Cl)ccc1NC(=O)C(=O)c1c(-c2ccc(F)cc2)cc2ccccn12. The minimum absolute atomic E-state index is 0.219. The molecule has 2 aromatic carbocycles. The molecule has 2 aromatic heterocycles. The van der Waals surface area contributed by atoms with Crippen LogP contribution < -0.4 is 5.32 Å². The molecule has 4 aromatic rings. The Bertz CT molecular complexity index is 1250. The molecule has 4 nitrogen and oxygen atoms in total. The zero-order valence-electron chi connectivity index (χ0n) is 15.4. The molecular formula is C23H16ClFN2O2. The lowest BCUT2D eigenvalue weighted by Gasteiger charge is -2.10. The fraction of sp³-hybridized carbons (Fsp3) is 0.0435. The van der Waals surface area contributed by atoms with Gasteiger partial charge in [-0.3, -0.25) is 9.59 Å². The highest BCUT2D eigenvalue weighted by molar-refractivity contribution is 6.47. The quantitative estimate of drug-likeness (QED) is 0.358. The van der Waals surface area contributed by atoms with Crippen molar-refractivity contribution in [3.05, 3.63) is 95.0 Å². The van der Waals surface area contributed by atoms with Crippen molar-refractivity contribution in [3.8, 4) is 11.1 Å². The molecule has 0 aliphatic heterocycles. The van der Waals surface area contributed by atoms with Gasteiger partial charge in [0.1, 0.15) is 11.5 Å². The Labute approximate surface area is 171 Å². The number of carbonyl (C=O) groups is 2. The van der Waals surface area contributed by atoms with Gasteiger partial charge in [-0.05, 0) is 66.6 Å². The summed E-state index contributed by atoms with van der Waals surface area (Å²) < 4.78 is 15.0. The van der Waals surface area contributed by atoms with Gasteiger partial charge in [-0.25, -0.2) is 4.39 Å². The van der Waals surface area contributed by atoms with Gasteiger partial charge in [0.25, 0.3) is 11.7 Å². The molecule has 0 atom stereocenters. The Morgan fingerprint density at radius 3 is 2.48 bits per heavy atom. The number of ketones is 1. The molecule has 1 N–H and O–H groups in total. The van der Waals surface area contributed by atoms with Gasteiger partial charge in [0.05, 0.1) is 0 Å². The van der Waals surface area contributed by atoms with E-state index in [-0.39, 0.29) is 11.5 Å². The highest BCUT2D eigenvalue weighted by atomic mass is 35.5. The highest BCUT2D eigenvalue weighted by Gasteiger charge is 2.25. The van der Waals surface area contributed by atoms with E-state index in [1.54, 1.807) is 60.0 Å². The molecule has 0 radical (unpaired) electrons. The van der Waals surface area contributed by atoms with Crippen LogP contribution in [0.3, 0.4) is 0 Å². The summed E-state index contributed by atoms with van der Waals surface area (Å²) in [5.41, 5.74) is 3.44. The van der Waals surface area contributed by atoms with Crippen LogP contribution in [-0.2, 0) is 4.79 Å². The van der Waals surface area contributed by atoms with Crippen LogP contribution in [-0.4, -0.2) is 16.1 Å². The Morgan fingerprint density at radius 1 is 1.00 bits per heavy atom. The number of hydrogen-bond donors (Lipinski definition) is 1. The molecule has 0 unspecified atom stereocenters. The van der Waals surface area contributed by atoms with Crippen molar-refractivity contribution < 1.29 is 14.0 Å². The first-order chi connectivity index (χ1) is 13.9. The number of fused-ring (bicyclic) bond motifs is 1. The van der Waals surface area contributed by atoms with Crippen LogP contribution >= 0.6 is 11.6 Å². The first-order valence-electron chi connectivity index (χ1n) is 8.92. The standard InChI is InChI=1S/C23H16ClFN2O2/c1-14-12-16(24)7-10-20(14)26-23(29)22(28)21-19(15-5-8-17(25)9-6-15)13-18-4-2-3-11-27(18)21/h2-13H,1H3,(H,26,29). The summed E-state index contributed by atoms with van der Waals surface area (Å²) in [5, 5.41) is 3.20. The third kappa shape index (κ3) is 3.65. The normalized spacial score (nSPS) is 10.9. The second-order valence-corrected chi connectivity index (χ2v) is 7.09. The average Bonchev–Trinajstić information content (AvgIpc) is 3.09. The van der Waals surface area contributed by atoms with Crippen LogP contribution in [0.1, 0.15) is 16.1 Å². The van der Waals surface area contributed by atoms with Crippen LogP contribution in [0.15, 0.2) is 72.9 Å². The van der Waals surface area contributed by atoms with E-state index in [2.05, 4.69) is 5.32 Å². The maximum atomic E-state index is 13.4. The number of hydrogen-bond acceptors (Lipinski definition) is 2. The molecule has 0 saturated carbocycles. The van der Waals surface area contributed by atoms with Crippen molar-refractivity contribution in [2.24, 2.45) is 0 Å². The number of aromatic nitrogens is 1. The van der Waals surface area contributed by atoms with Gasteiger partial charge in [0, 0.05) is 28.0 Å². The second-order valence-electron chi connectivity index (χ2n) is 6.65. The first kappa shape index (κ1) is 18.9. The summed E-state index contributed by atoms with van der Waals surface area (Å²) >= 11 is 5.95. The van der Waals surface area contributed by atoms with Gasteiger partial charge >= 0.3 is 0 Å². The van der Waals surface area contributed by atoms with Gasteiger partial charge in [-0.1, -0.05) is 29.8 Å². The number of benzene rings is 2. The van der Waals surface area contributed by atoms with E-state index < -0.39 is 11.7 Å². The molecule has 6 heteroatoms. The third-order valence-electron chi connectivity index (χ3n) is 4.69. The lowest BCUT2D eigenvalue weighted by atomic mass is 10.0. The van der Waals surface area contributed by atoms with Gasteiger partial charge in [0.15, 0.2) is 0 Å². The number of pyridine rings is 1. The summed E-state index contributed by atoms with van der Waals surface area (Å²) in [6.45, 7) is 1.79. The number of aryl methyl sites for hydroxylation is 1. The molecule has 0 bridgehead atoms. The van der Waals surface area contributed by atoms with Crippen LogP contribution in [0.5, 0.6) is 0 Å². The van der Waals surface area contributed by atoms with E-state index in [1.807, 2.05) is 12.1 Å². The monoisotopic (exact) mass is 406 g/mol. The molecular weight excluding hydrogens is 391 g/mol. The molecule has 0 fully saturated rings. The van der Waals surface area contributed by atoms with Crippen molar-refractivity contribution in [1.29, 1.82) is 0 Å². The topological polar surface area (TPSA) is 50.6 Å². The highest BCUT2D eigenvalue weighted by Crippen LogP contribution is 2.29. The Morgan fingerprint density at radius 2 is 1.76 bits per heavy atom. The largest absolute Gasteiger partial charge is 0.319 e. The fourth-order valence-corrected chi connectivity index (χ4v) is 3.49. The van der Waals surface area contributed by atoms with Crippen LogP contribution in [0.2, 0.25) is 5.02 Å². The minimum atomic E-state index is -0.761. The molecule has 144 valence electrons. The number of Topliss-reactive ketones (excluding diaryl/α,β-unsaturated/α-hetero) is 1. The molecule has 0 aliphatic carbocycles. The first-order valence-corrected chi connectivity index (χ1v) is 9.30. The van der Waals surface area contributed by atoms with Gasteiger partial charge in [0.2, 0.25) is 0 Å². The fourth-order valence-electron chi connectivity index (χ4n) is 3.26. The summed E-state index contributed by atoms with van der Waals surface area (Å²) in [7, 11) is 0. The maximum Gasteiger partial charge on any atom is 0.298 e. The number of anilines is 1. The van der Waals surface area contributed by atoms with E-state index in [1.165, 1.54) is 12.1 Å². The van der Waals surface area contributed by atoms with Crippen molar-refractivity contribution in [2.75, 3.05) is 5.32 Å². The van der Waals surface area contributed by atoms with Gasteiger partial charge < -0.3 is 9.72 Å². The average molecular weight is 407 g/mol. The molecule has 0 spiro atoms. The predicted octanol–water partition coefficient (Wildman–Crippen LogP) is 5.53. The predicted molar refractivity (Wildman–Crippen MR) is 112 cm³/mol. The number of halogens is 2. The Balaban J connectivity index is 1.77. The Hall–Kier alpha value is -3.44. The van der Waals surface area contributed by atoms with E-state index in [4.69, 9.17) is 11.6 Å². The number of carbonyl (C=O) groups excluding carboxylic acids is 2. The summed E-state index contributed by atoms with van der Waals surface area (Å²) in [6, 6.07) is 18.1.